The van der Waals surface area contributed by atoms with E-state index in [1.807, 2.05) is 0 Å². The minimum absolute atomic E-state index is 0.0151. The van der Waals surface area contributed by atoms with E-state index >= 15 is 0 Å². The number of aromatic hydroxyl groups is 1. The molecule has 0 aromatic heterocycles. The number of phenolic OH excluding ortho intramolecular Hbond substituents is 1. The zero-order valence-electron chi connectivity index (χ0n) is 9.75. The number of carbonyl (C=O) groups is 1. The molecule has 0 spiro atoms. The molecule has 0 unspecified atom stereocenters. The van der Waals surface area contributed by atoms with Crippen molar-refractivity contribution in [2.24, 2.45) is 0 Å². The van der Waals surface area contributed by atoms with E-state index in [9.17, 15) is 18.0 Å². The number of benzene rings is 2. The first-order valence-corrected chi connectivity index (χ1v) is 5.71. The molecule has 0 aliphatic carbocycles. The lowest BCUT2D eigenvalue weighted by Gasteiger charge is -2.08. The van der Waals surface area contributed by atoms with Crippen LogP contribution in [-0.4, -0.2) is 11.0 Å². The molecule has 2 N–H and O–H groups in total. The quantitative estimate of drug-likeness (QED) is 0.656. The summed E-state index contributed by atoms with van der Waals surface area (Å²) < 4.78 is 39.2. The van der Waals surface area contributed by atoms with Crippen LogP contribution >= 0.6 is 11.6 Å². The number of carbonyl (C=O) groups excluding carboxylic acids is 1. The molecule has 0 atom stereocenters. The predicted octanol–water partition coefficient (Wildman–Crippen LogP) is 3.72. The summed E-state index contributed by atoms with van der Waals surface area (Å²) in [5.41, 5.74) is -0.563. The summed E-state index contributed by atoms with van der Waals surface area (Å²) in [6.45, 7) is 0. The highest BCUT2D eigenvalue weighted by molar-refractivity contribution is 6.34. The van der Waals surface area contributed by atoms with Gasteiger partial charge in [-0.1, -0.05) is 11.6 Å². The van der Waals surface area contributed by atoms with Gasteiger partial charge in [0, 0.05) is 6.07 Å². The normalized spacial score (nSPS) is 10.4. The average molecular weight is 302 g/mol. The van der Waals surface area contributed by atoms with Crippen molar-refractivity contribution in [3.63, 3.8) is 0 Å². The maximum absolute atomic E-state index is 13.4. The zero-order chi connectivity index (χ0) is 14.9. The van der Waals surface area contributed by atoms with Gasteiger partial charge in [-0.3, -0.25) is 4.79 Å². The lowest BCUT2D eigenvalue weighted by atomic mass is 10.1. The minimum atomic E-state index is -1.73. The Morgan fingerprint density at radius 2 is 1.80 bits per heavy atom. The first kappa shape index (κ1) is 14.2. The molecule has 0 heterocycles. The lowest BCUT2D eigenvalue weighted by Crippen LogP contribution is -2.15. The summed E-state index contributed by atoms with van der Waals surface area (Å²) in [5, 5.41) is 11.4. The lowest BCUT2D eigenvalue weighted by molar-refractivity contribution is 0.102. The van der Waals surface area contributed by atoms with E-state index < -0.39 is 28.9 Å². The minimum Gasteiger partial charge on any atom is -0.508 e. The summed E-state index contributed by atoms with van der Waals surface area (Å²) in [5.74, 6) is -5.81. The monoisotopic (exact) mass is 301 g/mol. The third kappa shape index (κ3) is 2.70. The number of hydrogen-bond acceptors (Lipinski definition) is 2. The molecule has 2 rings (SSSR count). The van der Waals surface area contributed by atoms with Gasteiger partial charge in [0.15, 0.2) is 17.5 Å². The van der Waals surface area contributed by atoms with Crippen molar-refractivity contribution in [3.8, 4) is 5.75 Å². The number of rotatable bonds is 2. The van der Waals surface area contributed by atoms with Crippen LogP contribution in [0.3, 0.4) is 0 Å². The molecule has 20 heavy (non-hydrogen) atoms. The molecule has 0 aliphatic rings. The third-order valence-electron chi connectivity index (χ3n) is 2.48. The Hall–Kier alpha value is -2.21. The Bertz CT molecular complexity index is 692. The van der Waals surface area contributed by atoms with Crippen molar-refractivity contribution in [2.45, 2.75) is 0 Å². The van der Waals surface area contributed by atoms with E-state index in [0.29, 0.717) is 6.07 Å². The number of nitrogens with one attached hydrogen (secondary N) is 1. The van der Waals surface area contributed by atoms with Gasteiger partial charge in [0.1, 0.15) is 5.75 Å². The van der Waals surface area contributed by atoms with Crippen LogP contribution in [0.1, 0.15) is 10.4 Å². The Labute approximate surface area is 116 Å². The van der Waals surface area contributed by atoms with Crippen molar-refractivity contribution < 1.29 is 23.1 Å². The maximum atomic E-state index is 13.4. The molecule has 0 saturated heterocycles. The summed E-state index contributed by atoms with van der Waals surface area (Å²) in [6.07, 6.45) is 0. The van der Waals surface area contributed by atoms with E-state index in [1.165, 1.54) is 18.2 Å². The van der Waals surface area contributed by atoms with Gasteiger partial charge in [-0.25, -0.2) is 13.2 Å². The van der Waals surface area contributed by atoms with E-state index in [4.69, 9.17) is 16.7 Å². The molecule has 104 valence electrons. The highest BCUT2D eigenvalue weighted by Gasteiger charge is 2.19. The van der Waals surface area contributed by atoms with Gasteiger partial charge in [-0.2, -0.15) is 0 Å². The highest BCUT2D eigenvalue weighted by Crippen LogP contribution is 2.26. The zero-order valence-corrected chi connectivity index (χ0v) is 10.5. The number of hydrogen-bond donors (Lipinski definition) is 2. The standard InChI is InChI=1S/C13H7ClF3NO2/c14-8-5-6(19)1-4-10(8)18-13(20)7-2-3-9(15)12(17)11(7)16/h1-5,19H,(H,18,20). The third-order valence-corrected chi connectivity index (χ3v) is 2.79. The van der Waals surface area contributed by atoms with Crippen LogP contribution in [-0.2, 0) is 0 Å². The molecular weight excluding hydrogens is 295 g/mol. The van der Waals surface area contributed by atoms with Crippen molar-refractivity contribution in [1.82, 2.24) is 0 Å². The molecule has 0 aliphatic heterocycles. The Morgan fingerprint density at radius 1 is 1.10 bits per heavy atom. The van der Waals surface area contributed by atoms with Crippen molar-refractivity contribution in [2.75, 3.05) is 5.32 Å². The van der Waals surface area contributed by atoms with Crippen LogP contribution in [0.25, 0.3) is 0 Å². The molecule has 7 heteroatoms. The van der Waals surface area contributed by atoms with E-state index in [2.05, 4.69) is 5.32 Å². The first-order chi connectivity index (χ1) is 9.40. The second kappa shape index (κ2) is 5.42. The van der Waals surface area contributed by atoms with Gasteiger partial charge >= 0.3 is 0 Å². The summed E-state index contributed by atoms with van der Waals surface area (Å²) in [4.78, 5) is 11.8. The molecule has 0 radical (unpaired) electrons. The van der Waals surface area contributed by atoms with Crippen LogP contribution in [0.4, 0.5) is 18.9 Å². The Morgan fingerprint density at radius 3 is 2.45 bits per heavy atom. The van der Waals surface area contributed by atoms with Gasteiger partial charge in [0.05, 0.1) is 16.3 Å². The molecule has 0 fully saturated rings. The van der Waals surface area contributed by atoms with Crippen molar-refractivity contribution in [1.29, 1.82) is 0 Å². The number of anilines is 1. The summed E-state index contributed by atoms with van der Waals surface area (Å²) in [7, 11) is 0. The fourth-order valence-electron chi connectivity index (χ4n) is 1.50. The molecule has 0 bridgehead atoms. The van der Waals surface area contributed by atoms with Gasteiger partial charge < -0.3 is 10.4 Å². The van der Waals surface area contributed by atoms with Gasteiger partial charge in [0.2, 0.25) is 0 Å². The fraction of sp³-hybridized carbons (Fsp3) is 0. The van der Waals surface area contributed by atoms with Crippen LogP contribution in [0.5, 0.6) is 5.75 Å². The molecular formula is C13H7ClF3NO2. The largest absolute Gasteiger partial charge is 0.508 e. The van der Waals surface area contributed by atoms with Gasteiger partial charge in [0.25, 0.3) is 5.91 Å². The average Bonchev–Trinajstić information content (AvgIpc) is 2.39. The smallest absolute Gasteiger partial charge is 0.258 e. The predicted molar refractivity (Wildman–Crippen MR) is 67.4 cm³/mol. The fourth-order valence-corrected chi connectivity index (χ4v) is 1.72. The molecule has 0 saturated carbocycles. The Balaban J connectivity index is 2.31. The van der Waals surface area contributed by atoms with E-state index in [0.717, 1.165) is 6.07 Å². The number of halogens is 4. The second-order valence-electron chi connectivity index (χ2n) is 3.84. The molecule has 3 nitrogen and oxygen atoms in total. The number of phenols is 1. The van der Waals surface area contributed by atoms with Gasteiger partial charge in [-0.05, 0) is 24.3 Å². The van der Waals surface area contributed by atoms with Gasteiger partial charge in [-0.15, -0.1) is 0 Å². The van der Waals surface area contributed by atoms with E-state index in [-0.39, 0.29) is 16.5 Å². The maximum Gasteiger partial charge on any atom is 0.258 e. The van der Waals surface area contributed by atoms with Crippen LogP contribution in [0.15, 0.2) is 30.3 Å². The van der Waals surface area contributed by atoms with Crippen LogP contribution in [0, 0.1) is 17.5 Å². The number of amides is 1. The highest BCUT2D eigenvalue weighted by atomic mass is 35.5. The SMILES string of the molecule is O=C(Nc1ccc(O)cc1Cl)c1ccc(F)c(F)c1F. The molecule has 1 amide bonds. The Kier molecular flexibility index (Phi) is 3.85. The second-order valence-corrected chi connectivity index (χ2v) is 4.25. The van der Waals surface area contributed by atoms with E-state index in [1.54, 1.807) is 0 Å². The van der Waals surface area contributed by atoms with Crippen LogP contribution < -0.4 is 5.32 Å². The molecule has 2 aromatic rings. The van der Waals surface area contributed by atoms with Crippen LogP contribution in [0.2, 0.25) is 5.02 Å². The first-order valence-electron chi connectivity index (χ1n) is 5.33. The van der Waals surface area contributed by atoms with Crippen molar-refractivity contribution >= 4 is 23.2 Å². The van der Waals surface area contributed by atoms with Crippen molar-refractivity contribution in [3.05, 3.63) is 58.4 Å². The topological polar surface area (TPSA) is 49.3 Å². The summed E-state index contributed by atoms with van der Waals surface area (Å²) >= 11 is 5.75. The molecule has 2 aromatic carbocycles. The summed E-state index contributed by atoms with van der Waals surface area (Å²) in [6, 6.07) is 5.17.